The number of hydrogen-bond donors (Lipinski definition) is 1. The Kier molecular flexibility index (Phi) is 5.76. The van der Waals surface area contributed by atoms with Crippen molar-refractivity contribution in [1.82, 2.24) is 0 Å². The zero-order chi connectivity index (χ0) is 13.0. The lowest BCUT2D eigenvalue weighted by Gasteiger charge is -2.31. The molecule has 1 aliphatic rings. The molecule has 0 aliphatic carbocycles. The highest BCUT2D eigenvalue weighted by atomic mass is 127. The van der Waals surface area contributed by atoms with E-state index in [1.165, 1.54) is 22.1 Å². The molecule has 1 N–H and O–H groups in total. The summed E-state index contributed by atoms with van der Waals surface area (Å²) >= 11 is 5.95. The molecule has 1 saturated heterocycles. The number of benzene rings is 1. The summed E-state index contributed by atoms with van der Waals surface area (Å²) in [4.78, 5) is 0. The van der Waals surface area contributed by atoms with Crippen LogP contribution >= 0.6 is 38.5 Å². The molecule has 1 aromatic rings. The van der Waals surface area contributed by atoms with Gasteiger partial charge in [0.05, 0.1) is 6.10 Å². The number of ether oxygens (including phenoxy) is 1. The summed E-state index contributed by atoms with van der Waals surface area (Å²) in [7, 11) is 0. The Morgan fingerprint density at radius 3 is 3.11 bits per heavy atom. The molecule has 1 aliphatic heterocycles. The highest BCUT2D eigenvalue weighted by molar-refractivity contribution is 14.1. The average molecular weight is 424 g/mol. The van der Waals surface area contributed by atoms with Crippen LogP contribution in [-0.2, 0) is 4.74 Å². The molecule has 1 fully saturated rings. The first kappa shape index (κ1) is 14.6. The smallest absolute Gasteiger partial charge is 0.0594 e. The van der Waals surface area contributed by atoms with Crippen molar-refractivity contribution < 1.29 is 4.74 Å². The van der Waals surface area contributed by atoms with E-state index in [0.29, 0.717) is 12.1 Å². The van der Waals surface area contributed by atoms with E-state index in [9.17, 15) is 0 Å². The van der Waals surface area contributed by atoms with Gasteiger partial charge < -0.3 is 10.1 Å². The van der Waals surface area contributed by atoms with E-state index in [1.54, 1.807) is 0 Å². The average Bonchev–Trinajstić information content (AvgIpc) is 2.35. The van der Waals surface area contributed by atoms with Crippen molar-refractivity contribution >= 4 is 44.2 Å². The minimum Gasteiger partial charge on any atom is -0.381 e. The first-order valence-electron chi connectivity index (χ1n) is 6.52. The highest BCUT2D eigenvalue weighted by Gasteiger charge is 2.22. The van der Waals surface area contributed by atoms with Gasteiger partial charge >= 0.3 is 0 Å². The molecule has 0 spiro atoms. The Hall–Kier alpha value is 0.190. The van der Waals surface area contributed by atoms with Crippen LogP contribution < -0.4 is 5.32 Å². The van der Waals surface area contributed by atoms with Crippen LogP contribution in [0.5, 0.6) is 0 Å². The van der Waals surface area contributed by atoms with Crippen molar-refractivity contribution in [3.63, 3.8) is 0 Å². The third-order valence-corrected chi connectivity index (χ3v) is 4.63. The van der Waals surface area contributed by atoms with Crippen LogP contribution in [0.4, 0.5) is 5.69 Å². The molecule has 0 radical (unpaired) electrons. The Bertz CT molecular complexity index is 397. The van der Waals surface area contributed by atoms with Crippen LogP contribution in [0.1, 0.15) is 32.6 Å². The van der Waals surface area contributed by atoms with Crippen LogP contribution in [0.2, 0.25) is 0 Å². The topological polar surface area (TPSA) is 21.3 Å². The molecule has 0 saturated carbocycles. The number of hydrogen-bond acceptors (Lipinski definition) is 2. The predicted molar refractivity (Wildman–Crippen MR) is 88.2 cm³/mol. The standard InChI is InChI=1S/C14H19BrINO/c1-2-3-12-9-11(6-7-18-12)17-14-8-10(16)4-5-13(14)15/h4-5,8,11-12,17H,2-3,6-7,9H2,1H3. The van der Waals surface area contributed by atoms with Gasteiger partial charge in [-0.2, -0.15) is 0 Å². The van der Waals surface area contributed by atoms with Gasteiger partial charge in [0.25, 0.3) is 0 Å². The van der Waals surface area contributed by atoms with Crippen molar-refractivity contribution in [3.8, 4) is 0 Å². The van der Waals surface area contributed by atoms with Gasteiger partial charge in [-0.15, -0.1) is 0 Å². The molecule has 2 nitrogen and oxygen atoms in total. The van der Waals surface area contributed by atoms with E-state index in [1.807, 2.05) is 0 Å². The first-order valence-corrected chi connectivity index (χ1v) is 8.39. The Labute approximate surface area is 131 Å². The Morgan fingerprint density at radius 2 is 2.33 bits per heavy atom. The molecule has 2 atom stereocenters. The highest BCUT2D eigenvalue weighted by Crippen LogP contribution is 2.28. The second-order valence-corrected chi connectivity index (χ2v) is 6.87. The minimum absolute atomic E-state index is 0.433. The third kappa shape index (κ3) is 4.10. The summed E-state index contributed by atoms with van der Waals surface area (Å²) in [5, 5.41) is 3.65. The van der Waals surface area contributed by atoms with Crippen LogP contribution in [0.3, 0.4) is 0 Å². The molecule has 18 heavy (non-hydrogen) atoms. The van der Waals surface area contributed by atoms with E-state index in [0.717, 1.165) is 23.9 Å². The van der Waals surface area contributed by atoms with Gasteiger partial charge in [0.15, 0.2) is 0 Å². The summed E-state index contributed by atoms with van der Waals surface area (Å²) in [5.74, 6) is 0. The third-order valence-electron chi connectivity index (χ3n) is 3.27. The number of nitrogens with one attached hydrogen (secondary N) is 1. The second kappa shape index (κ2) is 7.10. The van der Waals surface area contributed by atoms with Gasteiger partial charge in [0.1, 0.15) is 0 Å². The van der Waals surface area contributed by atoms with Crippen LogP contribution in [0.25, 0.3) is 0 Å². The maximum Gasteiger partial charge on any atom is 0.0594 e. The maximum absolute atomic E-state index is 5.79. The Balaban J connectivity index is 1.98. The van der Waals surface area contributed by atoms with E-state index < -0.39 is 0 Å². The quantitative estimate of drug-likeness (QED) is 0.701. The largest absolute Gasteiger partial charge is 0.381 e. The molecule has 0 bridgehead atoms. The van der Waals surface area contributed by atoms with Gasteiger partial charge in [-0.3, -0.25) is 0 Å². The fourth-order valence-corrected chi connectivity index (χ4v) is 3.21. The van der Waals surface area contributed by atoms with Gasteiger partial charge in [0.2, 0.25) is 0 Å². The van der Waals surface area contributed by atoms with Gasteiger partial charge in [-0.25, -0.2) is 0 Å². The molecular weight excluding hydrogens is 405 g/mol. The van der Waals surface area contributed by atoms with Gasteiger partial charge in [-0.1, -0.05) is 13.3 Å². The normalized spacial score (nSPS) is 23.9. The summed E-state index contributed by atoms with van der Waals surface area (Å²) in [6.45, 7) is 3.10. The summed E-state index contributed by atoms with van der Waals surface area (Å²) in [6, 6.07) is 6.94. The van der Waals surface area contributed by atoms with Gasteiger partial charge in [0, 0.05) is 26.4 Å². The molecular formula is C14H19BrINO. The van der Waals surface area contributed by atoms with Crippen LogP contribution in [-0.4, -0.2) is 18.8 Å². The Morgan fingerprint density at radius 1 is 1.50 bits per heavy atom. The SMILES string of the molecule is CCCC1CC(Nc2cc(I)ccc2Br)CCO1. The van der Waals surface area contributed by atoms with Crippen molar-refractivity contribution in [2.24, 2.45) is 0 Å². The van der Waals surface area contributed by atoms with Gasteiger partial charge in [-0.05, 0) is 76.0 Å². The summed E-state index contributed by atoms with van der Waals surface area (Å²) < 4.78 is 8.19. The van der Waals surface area contributed by atoms with E-state index >= 15 is 0 Å². The number of halogens is 2. The predicted octanol–water partition coefficient (Wildman–Crippen LogP) is 4.81. The van der Waals surface area contributed by atoms with Crippen molar-refractivity contribution in [3.05, 3.63) is 26.2 Å². The zero-order valence-corrected chi connectivity index (χ0v) is 14.3. The maximum atomic E-state index is 5.79. The lowest BCUT2D eigenvalue weighted by atomic mass is 10.00. The zero-order valence-electron chi connectivity index (χ0n) is 10.6. The first-order chi connectivity index (χ1) is 8.69. The molecule has 100 valence electrons. The van der Waals surface area contributed by atoms with Crippen molar-refractivity contribution in [1.29, 1.82) is 0 Å². The lowest BCUT2D eigenvalue weighted by Crippen LogP contribution is -2.34. The molecule has 0 aromatic heterocycles. The molecule has 1 heterocycles. The second-order valence-electron chi connectivity index (χ2n) is 4.77. The van der Waals surface area contributed by atoms with E-state index in [4.69, 9.17) is 4.74 Å². The lowest BCUT2D eigenvalue weighted by molar-refractivity contribution is 0.00597. The van der Waals surface area contributed by atoms with Crippen molar-refractivity contribution in [2.75, 3.05) is 11.9 Å². The monoisotopic (exact) mass is 423 g/mol. The van der Waals surface area contributed by atoms with Crippen LogP contribution in [0, 0.1) is 3.57 Å². The molecule has 1 aromatic carbocycles. The van der Waals surface area contributed by atoms with E-state index in [2.05, 4.69) is 69.0 Å². The molecule has 2 unspecified atom stereocenters. The van der Waals surface area contributed by atoms with Crippen molar-refractivity contribution in [2.45, 2.75) is 44.8 Å². The van der Waals surface area contributed by atoms with Crippen LogP contribution in [0.15, 0.2) is 22.7 Å². The number of anilines is 1. The molecule has 2 rings (SSSR count). The summed E-state index contributed by atoms with van der Waals surface area (Å²) in [5.41, 5.74) is 1.20. The minimum atomic E-state index is 0.433. The fraction of sp³-hybridized carbons (Fsp3) is 0.571. The molecule has 4 heteroatoms. The fourth-order valence-electron chi connectivity index (χ4n) is 2.36. The van der Waals surface area contributed by atoms with E-state index in [-0.39, 0.29) is 0 Å². The number of rotatable bonds is 4. The summed E-state index contributed by atoms with van der Waals surface area (Å²) in [6.07, 6.45) is 5.02. The molecule has 0 amide bonds.